The van der Waals surface area contributed by atoms with E-state index >= 15 is 0 Å². The van der Waals surface area contributed by atoms with Gasteiger partial charge in [-0.25, -0.2) is 9.97 Å². The van der Waals surface area contributed by atoms with Crippen molar-refractivity contribution in [3.05, 3.63) is 63.5 Å². The maximum absolute atomic E-state index is 13.7. The number of fused-ring (bicyclic) bond motifs is 2. The lowest BCUT2D eigenvalue weighted by atomic mass is 10.1. The molecule has 3 aromatic heterocycles. The van der Waals surface area contributed by atoms with Crippen LogP contribution in [0, 0.1) is 32.6 Å². The fourth-order valence-electron chi connectivity index (χ4n) is 5.11. The summed E-state index contributed by atoms with van der Waals surface area (Å²) in [6.45, 7) is 7.16. The van der Waals surface area contributed by atoms with Crippen LogP contribution in [0.25, 0.3) is 15.4 Å². The molecule has 1 aliphatic heterocycles. The minimum absolute atomic E-state index is 0.0126. The van der Waals surface area contributed by atoms with Gasteiger partial charge in [0.25, 0.3) is 11.8 Å². The molecule has 9 heteroatoms. The van der Waals surface area contributed by atoms with Crippen molar-refractivity contribution in [3.8, 4) is 10.4 Å². The third kappa shape index (κ3) is 3.63. The van der Waals surface area contributed by atoms with Gasteiger partial charge in [0.15, 0.2) is 4.96 Å². The Morgan fingerprint density at radius 1 is 1.21 bits per heavy atom. The number of thiazole rings is 2. The van der Waals surface area contributed by atoms with Gasteiger partial charge >= 0.3 is 0 Å². The van der Waals surface area contributed by atoms with Gasteiger partial charge in [0.05, 0.1) is 22.1 Å². The highest BCUT2D eigenvalue weighted by Crippen LogP contribution is 2.50. The Morgan fingerprint density at radius 2 is 2.06 bits per heavy atom. The topological polar surface area (TPSA) is 79.6 Å². The minimum Gasteiger partial charge on any atom is -0.349 e. The molecule has 2 aliphatic rings. The second-order valence-corrected chi connectivity index (χ2v) is 11.7. The monoisotopic (exact) mass is 491 g/mol. The summed E-state index contributed by atoms with van der Waals surface area (Å²) in [6, 6.07) is 8.19. The Hall–Kier alpha value is -3.04. The molecule has 1 aliphatic carbocycles. The zero-order chi connectivity index (χ0) is 23.6. The van der Waals surface area contributed by atoms with E-state index in [-0.39, 0.29) is 17.9 Å². The van der Waals surface area contributed by atoms with Crippen LogP contribution in [0.2, 0.25) is 0 Å². The zero-order valence-electron chi connectivity index (χ0n) is 19.2. The van der Waals surface area contributed by atoms with Gasteiger partial charge in [-0.15, -0.1) is 22.7 Å². The highest BCUT2D eigenvalue weighted by atomic mass is 32.1. The Bertz CT molecular complexity index is 1430. The first-order valence-electron chi connectivity index (χ1n) is 11.5. The van der Waals surface area contributed by atoms with Crippen molar-refractivity contribution in [1.82, 2.24) is 24.6 Å². The van der Waals surface area contributed by atoms with E-state index in [1.165, 1.54) is 0 Å². The number of likely N-dealkylation sites (tertiary alicyclic amines) is 1. The van der Waals surface area contributed by atoms with Crippen molar-refractivity contribution in [2.75, 3.05) is 13.1 Å². The number of amides is 2. The molecule has 34 heavy (non-hydrogen) atoms. The van der Waals surface area contributed by atoms with Gasteiger partial charge in [0.2, 0.25) is 0 Å². The molecule has 7 nitrogen and oxygen atoms in total. The van der Waals surface area contributed by atoms with Crippen molar-refractivity contribution in [2.24, 2.45) is 11.8 Å². The third-order valence-electron chi connectivity index (χ3n) is 6.81. The van der Waals surface area contributed by atoms with Crippen LogP contribution in [0.4, 0.5) is 0 Å². The number of carbonyl (C=O) groups is 2. The largest absolute Gasteiger partial charge is 0.349 e. The smallest absolute Gasteiger partial charge is 0.274 e. The number of nitrogens with one attached hydrogen (secondary N) is 1. The van der Waals surface area contributed by atoms with E-state index in [0.29, 0.717) is 29.8 Å². The first kappa shape index (κ1) is 21.5. The molecule has 6 rings (SSSR count). The second-order valence-electron chi connectivity index (χ2n) is 9.31. The quantitative estimate of drug-likeness (QED) is 0.451. The van der Waals surface area contributed by atoms with Crippen LogP contribution in [-0.2, 0) is 0 Å². The van der Waals surface area contributed by atoms with E-state index < -0.39 is 0 Å². The number of aryl methyl sites for hydroxylation is 3. The molecule has 1 N–H and O–H groups in total. The molecule has 2 amide bonds. The molecule has 2 fully saturated rings. The molecule has 1 aromatic carbocycles. The van der Waals surface area contributed by atoms with Gasteiger partial charge in [-0.1, -0.05) is 29.8 Å². The van der Waals surface area contributed by atoms with E-state index in [0.717, 1.165) is 43.8 Å². The summed E-state index contributed by atoms with van der Waals surface area (Å²) >= 11 is 3.12. The molecule has 0 radical (unpaired) electrons. The zero-order valence-corrected chi connectivity index (χ0v) is 20.9. The summed E-state index contributed by atoms with van der Waals surface area (Å²) in [7, 11) is 0. The highest BCUT2D eigenvalue weighted by molar-refractivity contribution is 7.17. The van der Waals surface area contributed by atoms with E-state index in [2.05, 4.69) is 34.3 Å². The molecular formula is C25H25N5O2S2. The van der Waals surface area contributed by atoms with Gasteiger partial charge in [-0.05, 0) is 44.6 Å². The molecule has 0 spiro atoms. The Kier molecular flexibility index (Phi) is 5.07. The summed E-state index contributed by atoms with van der Waals surface area (Å²) < 4.78 is 1.83. The van der Waals surface area contributed by atoms with Crippen LogP contribution in [0.1, 0.15) is 42.8 Å². The van der Waals surface area contributed by atoms with Crippen LogP contribution in [-0.4, -0.2) is 50.2 Å². The van der Waals surface area contributed by atoms with Crippen LogP contribution >= 0.6 is 22.7 Å². The molecule has 1 saturated heterocycles. The first-order valence-corrected chi connectivity index (χ1v) is 13.1. The van der Waals surface area contributed by atoms with Gasteiger partial charge in [0.1, 0.15) is 11.4 Å². The average Bonchev–Trinajstić information content (AvgIpc) is 3.13. The van der Waals surface area contributed by atoms with Crippen molar-refractivity contribution < 1.29 is 9.59 Å². The lowest BCUT2D eigenvalue weighted by Crippen LogP contribution is -2.46. The molecule has 4 aromatic rings. The predicted octanol–water partition coefficient (Wildman–Crippen LogP) is 4.34. The predicted molar refractivity (Wildman–Crippen MR) is 134 cm³/mol. The van der Waals surface area contributed by atoms with Crippen LogP contribution in [0.5, 0.6) is 0 Å². The lowest BCUT2D eigenvalue weighted by Gasteiger charge is -2.27. The third-order valence-corrected chi connectivity index (χ3v) is 8.74. The number of hydrogen-bond donors (Lipinski definition) is 1. The van der Waals surface area contributed by atoms with Gasteiger partial charge < -0.3 is 10.2 Å². The van der Waals surface area contributed by atoms with Crippen molar-refractivity contribution >= 4 is 39.4 Å². The van der Waals surface area contributed by atoms with Crippen LogP contribution < -0.4 is 5.32 Å². The number of imidazole rings is 1. The normalized spacial score (nSPS) is 21.1. The molecule has 4 heterocycles. The molecule has 0 unspecified atom stereocenters. The van der Waals surface area contributed by atoms with Gasteiger partial charge in [-0.2, -0.15) is 0 Å². The number of rotatable bonds is 5. The summed E-state index contributed by atoms with van der Waals surface area (Å²) in [5.41, 5.74) is 3.23. The number of nitrogens with zero attached hydrogens (tertiary/aromatic N) is 4. The standard InChI is InChI=1S/C25H25N5O2S2/c1-13-5-4-6-16(7-13)22-21(28-15(3)34-22)24(32)29-12-17-8-18(17)19(29)9-26-23(31)20-10-27-25-30(20)11-14(2)33-25/h4-7,10-11,17-19H,8-9,12H2,1-3H3,(H,26,31)/t17-,18-,19+/m0/s1. The average molecular weight is 492 g/mol. The SMILES string of the molecule is Cc1cccc(-c2sc(C)nc2C(=O)N2C[C@@H]3C[C@@H]3[C@H]2CNC(=O)c2cnc3sc(C)cn23)c1. The molecule has 1 saturated carbocycles. The van der Waals surface area contributed by atoms with Crippen LogP contribution in [0.15, 0.2) is 36.7 Å². The number of benzene rings is 1. The maximum atomic E-state index is 13.7. The lowest BCUT2D eigenvalue weighted by molar-refractivity contribution is 0.0690. The Morgan fingerprint density at radius 3 is 2.88 bits per heavy atom. The molecule has 0 bridgehead atoms. The van der Waals surface area contributed by atoms with Crippen molar-refractivity contribution in [3.63, 3.8) is 0 Å². The van der Waals surface area contributed by atoms with Gasteiger partial charge in [0, 0.05) is 24.2 Å². The van der Waals surface area contributed by atoms with E-state index in [9.17, 15) is 9.59 Å². The minimum atomic E-state index is -0.160. The summed E-state index contributed by atoms with van der Waals surface area (Å²) in [5, 5.41) is 3.95. The van der Waals surface area contributed by atoms with E-state index in [1.54, 1.807) is 28.9 Å². The number of carbonyl (C=O) groups excluding carboxylic acids is 2. The summed E-state index contributed by atoms with van der Waals surface area (Å²) in [4.78, 5) is 40.4. The summed E-state index contributed by atoms with van der Waals surface area (Å²) in [6.07, 6.45) is 4.66. The van der Waals surface area contributed by atoms with Gasteiger partial charge in [-0.3, -0.25) is 14.0 Å². The molecule has 3 atom stereocenters. The van der Waals surface area contributed by atoms with Crippen molar-refractivity contribution in [2.45, 2.75) is 33.2 Å². The fourth-order valence-corrected chi connectivity index (χ4v) is 6.82. The number of aromatic nitrogens is 3. The number of piperidine rings is 1. The van der Waals surface area contributed by atoms with Crippen molar-refractivity contribution in [1.29, 1.82) is 0 Å². The second kappa shape index (κ2) is 8.02. The first-order chi connectivity index (χ1) is 16.4. The summed E-state index contributed by atoms with van der Waals surface area (Å²) in [5.74, 6) is 0.772. The number of hydrogen-bond acceptors (Lipinski definition) is 6. The van der Waals surface area contributed by atoms with Crippen LogP contribution in [0.3, 0.4) is 0 Å². The highest BCUT2D eigenvalue weighted by Gasteiger charge is 2.54. The maximum Gasteiger partial charge on any atom is 0.274 e. The Balaban J connectivity index is 1.23. The molecular weight excluding hydrogens is 466 g/mol. The van der Waals surface area contributed by atoms with E-state index in [1.807, 2.05) is 41.5 Å². The van der Waals surface area contributed by atoms with E-state index in [4.69, 9.17) is 0 Å². The fraction of sp³-hybridized carbons (Fsp3) is 0.360. The Labute approximate surface area is 205 Å². The molecule has 174 valence electrons.